The van der Waals surface area contributed by atoms with Gasteiger partial charge in [0.25, 0.3) is 0 Å². The van der Waals surface area contributed by atoms with Crippen LogP contribution in [0.3, 0.4) is 0 Å². The molecule has 1 aromatic carbocycles. The van der Waals surface area contributed by atoms with E-state index in [4.69, 9.17) is 0 Å². The standard InChI is InChI=1S/C16H24N2O2S/c1-21(19,20)18-9-7-16(8-10-18)17-12-13-5-6-14-3-2-4-15(14)11-13/h5-6,11,16-17H,2-4,7-10,12H2,1H3. The third-order valence-electron chi connectivity index (χ3n) is 4.68. The van der Waals surface area contributed by atoms with Gasteiger partial charge in [0.15, 0.2) is 0 Å². The molecule has 0 unspecified atom stereocenters. The average Bonchev–Trinajstić information content (AvgIpc) is 2.92. The van der Waals surface area contributed by atoms with Gasteiger partial charge in [0.2, 0.25) is 10.0 Å². The second kappa shape index (κ2) is 6.07. The van der Waals surface area contributed by atoms with E-state index in [1.165, 1.54) is 42.2 Å². The molecule has 3 rings (SSSR count). The molecule has 0 atom stereocenters. The van der Waals surface area contributed by atoms with E-state index in [2.05, 4.69) is 23.5 Å². The third-order valence-corrected chi connectivity index (χ3v) is 5.98. The number of hydrogen-bond acceptors (Lipinski definition) is 3. The van der Waals surface area contributed by atoms with Gasteiger partial charge in [-0.2, -0.15) is 0 Å². The van der Waals surface area contributed by atoms with Crippen LogP contribution in [0.2, 0.25) is 0 Å². The van der Waals surface area contributed by atoms with Crippen LogP contribution in [0.15, 0.2) is 18.2 Å². The van der Waals surface area contributed by atoms with Crippen molar-refractivity contribution in [2.75, 3.05) is 19.3 Å². The first-order chi connectivity index (χ1) is 10.0. The Balaban J connectivity index is 1.50. The highest BCUT2D eigenvalue weighted by molar-refractivity contribution is 7.88. The zero-order valence-electron chi connectivity index (χ0n) is 12.6. The summed E-state index contributed by atoms with van der Waals surface area (Å²) >= 11 is 0. The molecule has 2 aliphatic rings. The van der Waals surface area contributed by atoms with Crippen molar-refractivity contribution < 1.29 is 8.42 Å². The smallest absolute Gasteiger partial charge is 0.211 e. The lowest BCUT2D eigenvalue weighted by Crippen LogP contribution is -2.44. The molecule has 1 saturated heterocycles. The Labute approximate surface area is 127 Å². The molecule has 116 valence electrons. The third kappa shape index (κ3) is 3.65. The molecule has 1 aliphatic heterocycles. The Morgan fingerprint density at radius 3 is 2.62 bits per heavy atom. The summed E-state index contributed by atoms with van der Waals surface area (Å²) in [6, 6.07) is 7.26. The number of benzene rings is 1. The second-order valence-corrected chi connectivity index (χ2v) is 8.26. The zero-order chi connectivity index (χ0) is 14.9. The number of hydrogen-bond donors (Lipinski definition) is 1. The number of nitrogens with one attached hydrogen (secondary N) is 1. The first-order valence-corrected chi connectivity index (χ1v) is 9.66. The number of piperidine rings is 1. The van der Waals surface area contributed by atoms with Crippen LogP contribution in [0.25, 0.3) is 0 Å². The van der Waals surface area contributed by atoms with Gasteiger partial charge in [0.1, 0.15) is 0 Å². The van der Waals surface area contributed by atoms with Crippen LogP contribution in [-0.2, 0) is 29.4 Å². The highest BCUT2D eigenvalue weighted by Crippen LogP contribution is 2.23. The minimum Gasteiger partial charge on any atom is -0.310 e. The molecule has 21 heavy (non-hydrogen) atoms. The minimum absolute atomic E-state index is 0.427. The molecule has 0 spiro atoms. The monoisotopic (exact) mass is 308 g/mol. The molecule has 1 aliphatic carbocycles. The van der Waals surface area contributed by atoms with E-state index in [1.807, 2.05) is 0 Å². The first-order valence-electron chi connectivity index (χ1n) is 7.81. The number of nitrogens with zero attached hydrogens (tertiary/aromatic N) is 1. The minimum atomic E-state index is -3.02. The van der Waals surface area contributed by atoms with Gasteiger partial charge in [-0.05, 0) is 48.8 Å². The zero-order valence-corrected chi connectivity index (χ0v) is 13.5. The number of sulfonamides is 1. The van der Waals surface area contributed by atoms with Crippen LogP contribution in [0.1, 0.15) is 36.0 Å². The van der Waals surface area contributed by atoms with E-state index in [9.17, 15) is 8.42 Å². The Kier molecular flexibility index (Phi) is 4.33. The molecule has 1 fully saturated rings. The summed E-state index contributed by atoms with van der Waals surface area (Å²) in [4.78, 5) is 0. The molecule has 5 heteroatoms. The van der Waals surface area contributed by atoms with Gasteiger partial charge in [0, 0.05) is 25.7 Å². The fourth-order valence-corrected chi connectivity index (χ4v) is 4.26. The van der Waals surface area contributed by atoms with Crippen LogP contribution in [-0.4, -0.2) is 38.1 Å². The molecule has 1 heterocycles. The van der Waals surface area contributed by atoms with Crippen LogP contribution in [0.4, 0.5) is 0 Å². The van der Waals surface area contributed by atoms with E-state index < -0.39 is 10.0 Å². The molecule has 0 radical (unpaired) electrons. The fraction of sp³-hybridized carbons (Fsp3) is 0.625. The van der Waals surface area contributed by atoms with Crippen molar-refractivity contribution in [1.29, 1.82) is 0 Å². The van der Waals surface area contributed by atoms with E-state index in [0.717, 1.165) is 19.4 Å². The summed E-state index contributed by atoms with van der Waals surface area (Å²) in [5.74, 6) is 0. The van der Waals surface area contributed by atoms with Gasteiger partial charge in [-0.1, -0.05) is 18.2 Å². The average molecular weight is 308 g/mol. The summed E-state index contributed by atoms with van der Waals surface area (Å²) in [5, 5.41) is 3.58. The molecule has 0 aromatic heterocycles. The summed E-state index contributed by atoms with van der Waals surface area (Å²) in [6.45, 7) is 2.16. The van der Waals surface area contributed by atoms with Gasteiger partial charge in [-0.15, -0.1) is 0 Å². The highest BCUT2D eigenvalue weighted by Gasteiger charge is 2.24. The lowest BCUT2D eigenvalue weighted by Gasteiger charge is -2.30. The van der Waals surface area contributed by atoms with Crippen molar-refractivity contribution in [3.05, 3.63) is 34.9 Å². The molecule has 0 bridgehead atoms. The quantitative estimate of drug-likeness (QED) is 0.921. The van der Waals surface area contributed by atoms with Crippen LogP contribution in [0.5, 0.6) is 0 Å². The fourth-order valence-electron chi connectivity index (χ4n) is 3.39. The molecule has 1 N–H and O–H groups in total. The van der Waals surface area contributed by atoms with E-state index >= 15 is 0 Å². The van der Waals surface area contributed by atoms with Crippen LogP contribution < -0.4 is 5.32 Å². The molecule has 0 amide bonds. The Morgan fingerprint density at radius 2 is 1.90 bits per heavy atom. The summed E-state index contributed by atoms with van der Waals surface area (Å²) in [5.41, 5.74) is 4.38. The van der Waals surface area contributed by atoms with E-state index in [-0.39, 0.29) is 0 Å². The lowest BCUT2D eigenvalue weighted by molar-refractivity contribution is 0.290. The van der Waals surface area contributed by atoms with Crippen molar-refractivity contribution in [3.8, 4) is 0 Å². The van der Waals surface area contributed by atoms with E-state index in [1.54, 1.807) is 4.31 Å². The predicted molar refractivity (Wildman–Crippen MR) is 84.7 cm³/mol. The normalized spacial score (nSPS) is 20.6. The van der Waals surface area contributed by atoms with Crippen LogP contribution in [0, 0.1) is 0 Å². The maximum Gasteiger partial charge on any atom is 0.211 e. The molecule has 1 aromatic rings. The topological polar surface area (TPSA) is 49.4 Å². The van der Waals surface area contributed by atoms with Crippen molar-refractivity contribution in [2.45, 2.75) is 44.7 Å². The van der Waals surface area contributed by atoms with Crippen molar-refractivity contribution >= 4 is 10.0 Å². The summed E-state index contributed by atoms with van der Waals surface area (Å²) in [7, 11) is -3.02. The van der Waals surface area contributed by atoms with Gasteiger partial charge in [-0.25, -0.2) is 12.7 Å². The first kappa shape index (κ1) is 15.0. The second-order valence-electron chi connectivity index (χ2n) is 6.27. The predicted octanol–water partition coefficient (Wildman–Crippen LogP) is 1.69. The van der Waals surface area contributed by atoms with Crippen molar-refractivity contribution in [2.24, 2.45) is 0 Å². The number of fused-ring (bicyclic) bond motifs is 1. The summed E-state index contributed by atoms with van der Waals surface area (Å²) in [6.07, 6.45) is 6.83. The molecular weight excluding hydrogens is 284 g/mol. The van der Waals surface area contributed by atoms with Crippen LogP contribution >= 0.6 is 0 Å². The Hall–Kier alpha value is -0.910. The van der Waals surface area contributed by atoms with Gasteiger partial charge in [-0.3, -0.25) is 0 Å². The van der Waals surface area contributed by atoms with Crippen molar-refractivity contribution in [1.82, 2.24) is 9.62 Å². The Morgan fingerprint density at radius 1 is 1.19 bits per heavy atom. The lowest BCUT2D eigenvalue weighted by atomic mass is 10.0. The maximum atomic E-state index is 11.5. The molecule has 0 saturated carbocycles. The number of rotatable bonds is 4. The molecular formula is C16H24N2O2S. The van der Waals surface area contributed by atoms with E-state index in [0.29, 0.717) is 19.1 Å². The SMILES string of the molecule is CS(=O)(=O)N1CCC(NCc2ccc3c(c2)CCC3)CC1. The Bertz CT molecular complexity index is 605. The molecule has 4 nitrogen and oxygen atoms in total. The summed E-state index contributed by atoms with van der Waals surface area (Å²) < 4.78 is 24.6. The highest BCUT2D eigenvalue weighted by atomic mass is 32.2. The van der Waals surface area contributed by atoms with Gasteiger partial charge in [0.05, 0.1) is 6.26 Å². The largest absolute Gasteiger partial charge is 0.310 e. The van der Waals surface area contributed by atoms with Gasteiger partial charge < -0.3 is 5.32 Å². The van der Waals surface area contributed by atoms with Crippen molar-refractivity contribution in [3.63, 3.8) is 0 Å². The maximum absolute atomic E-state index is 11.5. The van der Waals surface area contributed by atoms with Gasteiger partial charge >= 0.3 is 0 Å². The number of aryl methyl sites for hydroxylation is 2.